The molecular weight excluding hydrogens is 1350 g/mol. The van der Waals surface area contributed by atoms with Gasteiger partial charge in [0.15, 0.2) is 47.7 Å². The third-order valence-corrected chi connectivity index (χ3v) is 17.9. The predicted octanol–water partition coefficient (Wildman–Crippen LogP) is 0.829. The summed E-state index contributed by atoms with van der Waals surface area (Å²) in [6.07, 6.45) is -23.9. The molecule has 102 heavy (non-hydrogen) atoms. The summed E-state index contributed by atoms with van der Waals surface area (Å²) < 4.78 is 62.2. The van der Waals surface area contributed by atoms with Crippen molar-refractivity contribution in [1.29, 1.82) is 0 Å². The van der Waals surface area contributed by atoms with Crippen molar-refractivity contribution in [3.8, 4) is 34.5 Å². The maximum Gasteiger partial charge on any atom is 0.416 e. The quantitative estimate of drug-likeness (QED) is 0.0161. The number of nitrogens with one attached hydrogen (secondary N) is 1. The third-order valence-electron chi connectivity index (χ3n) is 17.9. The van der Waals surface area contributed by atoms with Gasteiger partial charge in [0.2, 0.25) is 12.6 Å². The fraction of sp³-hybridized carbons (Fsp3) is 0.493. The van der Waals surface area contributed by atoms with Crippen LogP contribution in [-0.4, -0.2) is 261 Å². The van der Waals surface area contributed by atoms with E-state index in [1.165, 1.54) is 104 Å². The van der Waals surface area contributed by atoms with Crippen LogP contribution in [0.25, 0.3) is 0 Å². The SMILES string of the molecule is C=C1C[C@H]2C(O)N(C(=O)OCc3ccc(O[C@@H]4O[C@H](C(=O)O)[C@@H](O)[C@H](O)[C@H]4O)c(C(=O)NN(C)C)c3)c3cc(OCCCCCOc4cc5c(cc4OC)C(=O)N4CC(C)(C)CC4C(O)N5C(=O)OCc4ccc(O[C@@H]5O[C@H](C(=O)O)[C@@H](O)[C@H](O)[C@H]5O)c(C(=O)OC)c4)c(OC)cc3C(=O)N2C1. The third kappa shape index (κ3) is 15.4. The highest BCUT2D eigenvalue weighted by atomic mass is 16.7. The summed E-state index contributed by atoms with van der Waals surface area (Å²) in [6, 6.07) is 11.2. The first kappa shape index (κ1) is 75.0. The van der Waals surface area contributed by atoms with Gasteiger partial charge in [-0.2, -0.15) is 0 Å². The number of hydrogen-bond donors (Lipinski definition) is 11. The van der Waals surface area contributed by atoms with E-state index in [1.807, 2.05) is 13.8 Å². The van der Waals surface area contributed by atoms with Gasteiger partial charge in [0.1, 0.15) is 66.9 Å². The number of carboxylic acid groups (broad SMARTS) is 2. The molecule has 0 bridgehead atoms. The number of carboxylic acids is 2. The van der Waals surface area contributed by atoms with Crippen molar-refractivity contribution in [3.05, 3.63) is 106 Å². The zero-order valence-corrected chi connectivity index (χ0v) is 56.3. The van der Waals surface area contributed by atoms with Crippen LogP contribution in [0, 0.1) is 5.41 Å². The summed E-state index contributed by atoms with van der Waals surface area (Å²) in [7, 11) is 6.76. The molecule has 552 valence electrons. The molecule has 6 aliphatic heterocycles. The number of anilines is 2. The molecule has 4 fully saturated rings. The van der Waals surface area contributed by atoms with Crippen molar-refractivity contribution in [2.45, 2.75) is 145 Å². The standard InChI is InChI=1S/C67H80N6O29/c1-30-18-39-58(83)72(65(90)97-27-31-12-14-41(35(19-31)55(80)68-69(4)5)99-63-51(78)47(74)49(76)53(101-63)60(85)86)37-23-45(43(92-6)21-33(37)56(81)70(39)26-30)95-16-10-9-11-17-96-46-24-38-34(22-44(46)93-7)57(82)71-29-67(2,3)25-40(71)59(84)73(38)66(91)98-28-32-13-15-42(36(20-32)62(89)94-8)100-64-52(79)48(75)50(77)54(102-64)61(87)88/h12-15,19-24,39-40,47-54,58-59,63-64,74-79,83-84H,1,9-11,16-18,25-29H2,2-8H3,(H,68,80)(H,85,86)(H,87,88)/t39-,40?,47-,48-,49-,50-,51+,52+,53-,54-,58?,59?,63+,64+/m0/s1. The topological polar surface area (TPSA) is 469 Å². The van der Waals surface area contributed by atoms with Crippen molar-refractivity contribution in [2.24, 2.45) is 5.41 Å². The fourth-order valence-corrected chi connectivity index (χ4v) is 12.8. The van der Waals surface area contributed by atoms with E-state index in [4.69, 9.17) is 52.1 Å². The van der Waals surface area contributed by atoms with Crippen LogP contribution >= 0.6 is 0 Å². The maximum atomic E-state index is 14.5. The highest BCUT2D eigenvalue weighted by Gasteiger charge is 2.53. The largest absolute Gasteiger partial charge is 0.493 e. The number of methoxy groups -OCH3 is 3. The molecule has 14 atom stereocenters. The number of benzene rings is 4. The normalized spacial score (nSPS) is 26.5. The molecule has 5 amide bonds. The minimum Gasteiger partial charge on any atom is -0.493 e. The number of hydrogen-bond acceptors (Lipinski definition) is 28. The van der Waals surface area contributed by atoms with Crippen LogP contribution in [0.4, 0.5) is 21.0 Å². The van der Waals surface area contributed by atoms with Crippen molar-refractivity contribution in [3.63, 3.8) is 0 Å². The number of amides is 5. The predicted molar refractivity (Wildman–Crippen MR) is 345 cm³/mol. The second kappa shape index (κ2) is 30.9. The Bertz CT molecular complexity index is 3890. The van der Waals surface area contributed by atoms with E-state index in [0.29, 0.717) is 24.8 Å². The van der Waals surface area contributed by atoms with Crippen LogP contribution in [0.3, 0.4) is 0 Å². The molecular formula is C67H80N6O29. The van der Waals surface area contributed by atoms with Gasteiger partial charge >= 0.3 is 30.1 Å². The molecule has 0 saturated carbocycles. The first-order valence-corrected chi connectivity index (χ1v) is 32.1. The molecule has 0 spiro atoms. The molecule has 0 radical (unpaired) electrons. The van der Waals surface area contributed by atoms with E-state index in [2.05, 4.69) is 12.0 Å². The Morgan fingerprint density at radius 2 is 1.05 bits per heavy atom. The van der Waals surface area contributed by atoms with Gasteiger partial charge in [0.05, 0.1) is 74.7 Å². The lowest BCUT2D eigenvalue weighted by Crippen LogP contribution is -2.61. The number of nitrogens with zero attached hydrogens (tertiary/aromatic N) is 5. The highest BCUT2D eigenvalue weighted by molar-refractivity contribution is 6.07. The number of rotatable bonds is 23. The number of hydrazine groups is 1. The summed E-state index contributed by atoms with van der Waals surface area (Å²) in [4.78, 5) is 113. The molecule has 4 aromatic carbocycles. The smallest absolute Gasteiger partial charge is 0.416 e. The molecule has 11 N–H and O–H groups in total. The van der Waals surface area contributed by atoms with Crippen LogP contribution in [0.1, 0.15) is 98.5 Å². The minimum absolute atomic E-state index is 0.0313. The summed E-state index contributed by atoms with van der Waals surface area (Å²) in [6.45, 7) is 7.04. The molecule has 4 saturated heterocycles. The van der Waals surface area contributed by atoms with Gasteiger partial charge < -0.3 is 113 Å². The zero-order valence-electron chi connectivity index (χ0n) is 56.3. The van der Waals surface area contributed by atoms with Crippen molar-refractivity contribution < 1.29 is 142 Å². The molecule has 3 unspecified atom stereocenters. The Morgan fingerprint density at radius 1 is 0.588 bits per heavy atom. The van der Waals surface area contributed by atoms with Gasteiger partial charge in [0.25, 0.3) is 17.7 Å². The van der Waals surface area contributed by atoms with Gasteiger partial charge in [0, 0.05) is 39.3 Å². The minimum atomic E-state index is -2.02. The van der Waals surface area contributed by atoms with Gasteiger partial charge in [-0.15, -0.1) is 0 Å². The molecule has 35 nitrogen and oxygen atoms in total. The molecule has 6 aliphatic rings. The monoisotopic (exact) mass is 1430 g/mol. The summed E-state index contributed by atoms with van der Waals surface area (Å²) in [5.41, 5.74) is 2.10. The Labute approximate surface area is 581 Å². The number of esters is 1. The number of aliphatic carboxylic acids is 2. The van der Waals surface area contributed by atoms with E-state index in [1.54, 1.807) is 0 Å². The van der Waals surface area contributed by atoms with Gasteiger partial charge in [-0.3, -0.25) is 19.8 Å². The number of ether oxygens (including phenoxy) is 11. The van der Waals surface area contributed by atoms with E-state index in [0.717, 1.165) is 16.9 Å². The Morgan fingerprint density at radius 3 is 1.51 bits per heavy atom. The first-order chi connectivity index (χ1) is 48.4. The van der Waals surface area contributed by atoms with Crippen molar-refractivity contribution in [2.75, 3.05) is 71.5 Å². The molecule has 6 heterocycles. The summed E-state index contributed by atoms with van der Waals surface area (Å²) in [5.74, 6) is -6.47. The second-order valence-electron chi connectivity index (χ2n) is 26.0. The molecule has 10 rings (SSSR count). The summed E-state index contributed by atoms with van der Waals surface area (Å²) in [5, 5.41) is 107. The van der Waals surface area contributed by atoms with Crippen LogP contribution in [0.2, 0.25) is 0 Å². The van der Waals surface area contributed by atoms with E-state index >= 15 is 0 Å². The Hall–Kier alpha value is -9.66. The Kier molecular flexibility index (Phi) is 22.7. The van der Waals surface area contributed by atoms with Crippen LogP contribution < -0.4 is 43.6 Å². The van der Waals surface area contributed by atoms with Crippen LogP contribution in [0.5, 0.6) is 34.5 Å². The average molecular weight is 1430 g/mol. The lowest BCUT2D eigenvalue weighted by Gasteiger charge is -2.38. The number of aliphatic hydroxyl groups is 8. The second-order valence-corrected chi connectivity index (χ2v) is 26.0. The molecule has 4 aromatic rings. The molecule has 35 heteroatoms. The summed E-state index contributed by atoms with van der Waals surface area (Å²) >= 11 is 0. The number of carbonyl (C=O) groups excluding carboxylic acids is 6. The molecule has 0 aliphatic carbocycles. The van der Waals surface area contributed by atoms with Crippen LogP contribution in [0.15, 0.2) is 72.8 Å². The van der Waals surface area contributed by atoms with Gasteiger partial charge in [-0.05, 0) is 85.0 Å². The van der Waals surface area contributed by atoms with Gasteiger partial charge in [-0.1, -0.05) is 38.1 Å². The van der Waals surface area contributed by atoms with Crippen molar-refractivity contribution >= 4 is 59.2 Å². The highest BCUT2D eigenvalue weighted by Crippen LogP contribution is 2.46. The first-order valence-electron chi connectivity index (χ1n) is 32.1. The number of fused-ring (bicyclic) bond motifs is 4. The Balaban J connectivity index is 0.823. The molecule has 0 aromatic heterocycles. The number of carbonyl (C=O) groups is 8. The number of unbranched alkanes of at least 4 members (excludes halogenated alkanes) is 2. The van der Waals surface area contributed by atoms with E-state index < -0.39 is 152 Å². The van der Waals surface area contributed by atoms with Crippen molar-refractivity contribution in [1.82, 2.24) is 20.2 Å². The lowest BCUT2D eigenvalue weighted by molar-refractivity contribution is -0.271. The number of aliphatic hydroxyl groups excluding tert-OH is 8. The van der Waals surface area contributed by atoms with Gasteiger partial charge in [-0.25, -0.2) is 38.8 Å². The lowest BCUT2D eigenvalue weighted by atomic mass is 9.90. The zero-order chi connectivity index (χ0) is 74.1. The average Bonchev–Trinajstić information content (AvgIpc) is 1.59. The maximum absolute atomic E-state index is 14.5. The fourth-order valence-electron chi connectivity index (χ4n) is 12.8. The van der Waals surface area contributed by atoms with E-state index in [-0.39, 0.29) is 118 Å². The van der Waals surface area contributed by atoms with E-state index in [9.17, 15) is 89.4 Å². The van der Waals surface area contributed by atoms with Crippen LogP contribution in [-0.2, 0) is 46.5 Å².